The van der Waals surface area contributed by atoms with Gasteiger partial charge in [0.05, 0.1) is 6.61 Å². The molecule has 0 N–H and O–H groups in total. The lowest BCUT2D eigenvalue weighted by Gasteiger charge is -2.16. The molecule has 0 radical (unpaired) electrons. The standard InChI is InChI=1S/C14H20O/c1-4-5-11-6-7-13-12(8-9-15-13)14(11)10(2)3/h6-7,10H,4-5,8-9H2,1-3H3. The summed E-state index contributed by atoms with van der Waals surface area (Å²) in [6, 6.07) is 4.40. The number of benzene rings is 1. The summed E-state index contributed by atoms with van der Waals surface area (Å²) in [4.78, 5) is 0. The molecule has 1 aliphatic rings. The molecule has 15 heavy (non-hydrogen) atoms. The Morgan fingerprint density at radius 2 is 2.13 bits per heavy atom. The molecule has 1 aliphatic heterocycles. The normalized spacial score (nSPS) is 14.1. The highest BCUT2D eigenvalue weighted by Crippen LogP contribution is 2.35. The van der Waals surface area contributed by atoms with Gasteiger partial charge >= 0.3 is 0 Å². The molecule has 0 bridgehead atoms. The molecule has 0 amide bonds. The van der Waals surface area contributed by atoms with Gasteiger partial charge in [-0.15, -0.1) is 0 Å². The van der Waals surface area contributed by atoms with E-state index in [1.807, 2.05) is 0 Å². The molecule has 0 aromatic heterocycles. The van der Waals surface area contributed by atoms with E-state index in [0.29, 0.717) is 5.92 Å². The van der Waals surface area contributed by atoms with Crippen molar-refractivity contribution in [3.05, 3.63) is 28.8 Å². The summed E-state index contributed by atoms with van der Waals surface area (Å²) in [6.45, 7) is 7.68. The van der Waals surface area contributed by atoms with Gasteiger partial charge in [-0.2, -0.15) is 0 Å². The zero-order valence-electron chi connectivity index (χ0n) is 9.97. The lowest BCUT2D eigenvalue weighted by Crippen LogP contribution is -2.00. The summed E-state index contributed by atoms with van der Waals surface area (Å²) in [5.41, 5.74) is 4.54. The number of ether oxygens (including phenoxy) is 1. The first kappa shape index (κ1) is 10.5. The van der Waals surface area contributed by atoms with Crippen molar-refractivity contribution in [1.82, 2.24) is 0 Å². The Bertz CT molecular complexity index is 353. The molecule has 0 spiro atoms. The van der Waals surface area contributed by atoms with Crippen LogP contribution in [0.15, 0.2) is 12.1 Å². The molecule has 2 rings (SSSR count). The Labute approximate surface area is 92.5 Å². The van der Waals surface area contributed by atoms with Gasteiger partial charge in [-0.25, -0.2) is 0 Å². The van der Waals surface area contributed by atoms with Crippen molar-refractivity contribution in [3.8, 4) is 5.75 Å². The van der Waals surface area contributed by atoms with Gasteiger partial charge < -0.3 is 4.74 Å². The van der Waals surface area contributed by atoms with Gasteiger partial charge in [0.2, 0.25) is 0 Å². The van der Waals surface area contributed by atoms with E-state index in [-0.39, 0.29) is 0 Å². The van der Waals surface area contributed by atoms with Crippen molar-refractivity contribution in [2.45, 2.75) is 46.0 Å². The number of rotatable bonds is 3. The summed E-state index contributed by atoms with van der Waals surface area (Å²) < 4.78 is 5.62. The van der Waals surface area contributed by atoms with Gasteiger partial charge in [0.15, 0.2) is 0 Å². The zero-order valence-corrected chi connectivity index (χ0v) is 9.97. The smallest absolute Gasteiger partial charge is 0.122 e. The Morgan fingerprint density at radius 1 is 1.33 bits per heavy atom. The molecule has 1 heterocycles. The van der Waals surface area contributed by atoms with Crippen LogP contribution in [-0.2, 0) is 12.8 Å². The predicted molar refractivity (Wildman–Crippen MR) is 63.7 cm³/mol. The number of hydrogen-bond donors (Lipinski definition) is 0. The van der Waals surface area contributed by atoms with Gasteiger partial charge in [-0.1, -0.05) is 33.3 Å². The van der Waals surface area contributed by atoms with Gasteiger partial charge in [0, 0.05) is 12.0 Å². The van der Waals surface area contributed by atoms with Crippen molar-refractivity contribution in [3.63, 3.8) is 0 Å². The van der Waals surface area contributed by atoms with E-state index in [2.05, 4.69) is 32.9 Å². The van der Waals surface area contributed by atoms with Gasteiger partial charge in [0.1, 0.15) is 5.75 Å². The van der Waals surface area contributed by atoms with E-state index in [1.165, 1.54) is 24.0 Å². The van der Waals surface area contributed by atoms with Gasteiger partial charge in [-0.3, -0.25) is 0 Å². The van der Waals surface area contributed by atoms with E-state index in [4.69, 9.17) is 4.74 Å². The summed E-state index contributed by atoms with van der Waals surface area (Å²) in [6.07, 6.45) is 3.51. The highest BCUT2D eigenvalue weighted by Gasteiger charge is 2.20. The van der Waals surface area contributed by atoms with Gasteiger partial charge in [0.25, 0.3) is 0 Å². The summed E-state index contributed by atoms with van der Waals surface area (Å²) in [5.74, 6) is 1.74. The maximum atomic E-state index is 5.62. The third kappa shape index (κ3) is 1.88. The SMILES string of the molecule is CCCc1ccc2c(c1C(C)C)CCO2. The molecule has 0 atom stereocenters. The first-order chi connectivity index (χ1) is 7.24. The van der Waals surface area contributed by atoms with E-state index in [0.717, 1.165) is 18.8 Å². The molecule has 0 saturated heterocycles. The van der Waals surface area contributed by atoms with Crippen molar-refractivity contribution in [2.75, 3.05) is 6.61 Å². The average Bonchev–Trinajstić information content (AvgIpc) is 2.64. The molecular formula is C14H20O. The van der Waals surface area contributed by atoms with Crippen LogP contribution in [0.25, 0.3) is 0 Å². The molecule has 1 aromatic rings. The second-order valence-corrected chi connectivity index (χ2v) is 4.62. The van der Waals surface area contributed by atoms with E-state index < -0.39 is 0 Å². The van der Waals surface area contributed by atoms with E-state index in [9.17, 15) is 0 Å². The van der Waals surface area contributed by atoms with Crippen LogP contribution in [0.3, 0.4) is 0 Å². The van der Waals surface area contributed by atoms with Crippen molar-refractivity contribution >= 4 is 0 Å². The largest absolute Gasteiger partial charge is 0.493 e. The van der Waals surface area contributed by atoms with Crippen molar-refractivity contribution in [1.29, 1.82) is 0 Å². The predicted octanol–water partition coefficient (Wildman–Crippen LogP) is 3.70. The molecule has 1 aromatic carbocycles. The molecular weight excluding hydrogens is 184 g/mol. The Morgan fingerprint density at radius 3 is 2.80 bits per heavy atom. The molecule has 0 saturated carbocycles. The molecule has 0 unspecified atom stereocenters. The van der Waals surface area contributed by atoms with Crippen LogP contribution in [0.4, 0.5) is 0 Å². The van der Waals surface area contributed by atoms with Crippen molar-refractivity contribution < 1.29 is 4.74 Å². The first-order valence-electron chi connectivity index (χ1n) is 6.01. The fourth-order valence-electron chi connectivity index (χ4n) is 2.56. The van der Waals surface area contributed by atoms with Crippen LogP contribution in [0.5, 0.6) is 5.75 Å². The summed E-state index contributed by atoms with van der Waals surface area (Å²) in [7, 11) is 0. The van der Waals surface area contributed by atoms with Crippen LogP contribution >= 0.6 is 0 Å². The monoisotopic (exact) mass is 204 g/mol. The van der Waals surface area contributed by atoms with Crippen molar-refractivity contribution in [2.24, 2.45) is 0 Å². The number of fused-ring (bicyclic) bond motifs is 1. The maximum absolute atomic E-state index is 5.62. The van der Waals surface area contributed by atoms with E-state index >= 15 is 0 Å². The maximum Gasteiger partial charge on any atom is 0.122 e. The Kier molecular flexibility index (Phi) is 2.99. The molecule has 0 fully saturated rings. The van der Waals surface area contributed by atoms with E-state index in [1.54, 1.807) is 5.56 Å². The van der Waals surface area contributed by atoms with Crippen LogP contribution in [0.2, 0.25) is 0 Å². The topological polar surface area (TPSA) is 9.23 Å². The minimum Gasteiger partial charge on any atom is -0.493 e. The first-order valence-corrected chi connectivity index (χ1v) is 6.01. The zero-order chi connectivity index (χ0) is 10.8. The molecule has 82 valence electrons. The van der Waals surface area contributed by atoms with Gasteiger partial charge in [-0.05, 0) is 29.5 Å². The summed E-state index contributed by atoms with van der Waals surface area (Å²) >= 11 is 0. The molecule has 0 aliphatic carbocycles. The van der Waals surface area contributed by atoms with Crippen LogP contribution in [0.1, 0.15) is 49.8 Å². The molecule has 1 heteroatoms. The molecule has 1 nitrogen and oxygen atoms in total. The second-order valence-electron chi connectivity index (χ2n) is 4.62. The lowest BCUT2D eigenvalue weighted by atomic mass is 9.89. The minimum atomic E-state index is 0.614. The minimum absolute atomic E-state index is 0.614. The third-order valence-corrected chi connectivity index (χ3v) is 3.11. The number of hydrogen-bond acceptors (Lipinski definition) is 1. The Balaban J connectivity index is 2.48. The Hall–Kier alpha value is -0.980. The lowest BCUT2D eigenvalue weighted by molar-refractivity contribution is 0.357. The highest BCUT2D eigenvalue weighted by molar-refractivity contribution is 5.48. The van der Waals surface area contributed by atoms with Crippen LogP contribution in [0, 0.1) is 0 Å². The third-order valence-electron chi connectivity index (χ3n) is 3.11. The van der Waals surface area contributed by atoms with Crippen LogP contribution < -0.4 is 4.74 Å². The van der Waals surface area contributed by atoms with Crippen LogP contribution in [-0.4, -0.2) is 6.61 Å². The fourth-order valence-corrected chi connectivity index (χ4v) is 2.56. The quantitative estimate of drug-likeness (QED) is 0.729. The fraction of sp³-hybridized carbons (Fsp3) is 0.571. The second kappa shape index (κ2) is 4.26. The average molecular weight is 204 g/mol. The summed E-state index contributed by atoms with van der Waals surface area (Å²) in [5, 5.41) is 0. The highest BCUT2D eigenvalue weighted by atomic mass is 16.5. The number of aryl methyl sites for hydroxylation is 1.